The SMILES string of the molecule is CCCCC(NC(=O)CCC(NC(=O)Cc1c(C)n(C(=O)c2ccc(Cl)cc2)c2ccc(OC)cc12)C(=O)O)C(C)=O. The van der Waals surface area contributed by atoms with Gasteiger partial charge >= 0.3 is 5.97 Å². The number of benzene rings is 2. The number of carbonyl (C=O) groups is 5. The number of amides is 2. The molecule has 1 aromatic heterocycles. The predicted molar refractivity (Wildman–Crippen MR) is 159 cm³/mol. The number of methoxy groups -OCH3 is 1. The maximum atomic E-state index is 13.5. The molecule has 0 radical (unpaired) electrons. The lowest BCUT2D eigenvalue weighted by atomic mass is 10.0. The Morgan fingerprint density at radius 1 is 0.976 bits per heavy atom. The second-order valence-corrected chi connectivity index (χ2v) is 10.6. The number of fused-ring (bicyclic) bond motifs is 1. The molecule has 0 saturated carbocycles. The number of halogens is 1. The lowest BCUT2D eigenvalue weighted by molar-refractivity contribution is -0.142. The first-order valence-electron chi connectivity index (χ1n) is 13.8. The third-order valence-electron chi connectivity index (χ3n) is 7.14. The molecule has 224 valence electrons. The van der Waals surface area contributed by atoms with Crippen molar-refractivity contribution in [2.75, 3.05) is 7.11 Å². The van der Waals surface area contributed by atoms with Crippen LogP contribution < -0.4 is 15.4 Å². The van der Waals surface area contributed by atoms with Gasteiger partial charge in [0.2, 0.25) is 11.8 Å². The van der Waals surface area contributed by atoms with E-state index in [-0.39, 0.29) is 31.0 Å². The molecule has 0 spiro atoms. The van der Waals surface area contributed by atoms with Crippen LogP contribution in [0.25, 0.3) is 10.9 Å². The molecule has 42 heavy (non-hydrogen) atoms. The van der Waals surface area contributed by atoms with Crippen molar-refractivity contribution < 1.29 is 33.8 Å². The lowest BCUT2D eigenvalue weighted by Gasteiger charge is -2.17. The third-order valence-corrected chi connectivity index (χ3v) is 7.39. The van der Waals surface area contributed by atoms with Gasteiger partial charge in [-0.3, -0.25) is 23.7 Å². The number of Topliss-reactive ketones (excluding diaryl/α,β-unsaturated/α-hetero) is 1. The number of nitrogens with zero attached hydrogens (tertiary/aromatic N) is 1. The molecule has 10 nitrogen and oxygen atoms in total. The number of aromatic nitrogens is 1. The molecule has 0 aliphatic rings. The zero-order chi connectivity index (χ0) is 31.0. The first-order valence-corrected chi connectivity index (χ1v) is 14.1. The van der Waals surface area contributed by atoms with E-state index in [9.17, 15) is 29.1 Å². The molecule has 1 heterocycles. The molecule has 0 bridgehead atoms. The van der Waals surface area contributed by atoms with Gasteiger partial charge in [-0.2, -0.15) is 0 Å². The van der Waals surface area contributed by atoms with Crippen LogP contribution in [0, 0.1) is 6.92 Å². The Morgan fingerprint density at radius 3 is 2.24 bits per heavy atom. The first kappa shape index (κ1) is 32.3. The highest BCUT2D eigenvalue weighted by Crippen LogP contribution is 2.31. The molecule has 2 unspecified atom stereocenters. The fourth-order valence-corrected chi connectivity index (χ4v) is 4.91. The van der Waals surface area contributed by atoms with Crippen molar-refractivity contribution in [3.05, 3.63) is 64.3 Å². The van der Waals surface area contributed by atoms with Crippen LogP contribution in [0.15, 0.2) is 42.5 Å². The number of nitrogens with one attached hydrogen (secondary N) is 2. The summed E-state index contributed by atoms with van der Waals surface area (Å²) in [4.78, 5) is 62.9. The van der Waals surface area contributed by atoms with Gasteiger partial charge in [0.25, 0.3) is 5.91 Å². The van der Waals surface area contributed by atoms with E-state index < -0.39 is 29.9 Å². The molecule has 0 fully saturated rings. The molecule has 11 heteroatoms. The smallest absolute Gasteiger partial charge is 0.326 e. The minimum absolute atomic E-state index is 0.158. The summed E-state index contributed by atoms with van der Waals surface area (Å²) in [5.74, 6) is -2.29. The van der Waals surface area contributed by atoms with E-state index in [4.69, 9.17) is 16.3 Å². The highest BCUT2D eigenvalue weighted by Gasteiger charge is 2.26. The van der Waals surface area contributed by atoms with Crippen LogP contribution in [0.5, 0.6) is 5.75 Å². The highest BCUT2D eigenvalue weighted by molar-refractivity contribution is 6.30. The van der Waals surface area contributed by atoms with Crippen molar-refractivity contribution in [2.45, 2.75) is 71.4 Å². The van der Waals surface area contributed by atoms with Crippen LogP contribution in [0.1, 0.15) is 67.6 Å². The number of ketones is 1. The molecule has 2 amide bonds. The molecule has 3 rings (SSSR count). The van der Waals surface area contributed by atoms with Gasteiger partial charge in [0.15, 0.2) is 5.78 Å². The fraction of sp³-hybridized carbons (Fsp3) is 0.387. The predicted octanol–water partition coefficient (Wildman–Crippen LogP) is 4.46. The molecular formula is C31H36ClN3O7. The van der Waals surface area contributed by atoms with Gasteiger partial charge < -0.3 is 20.5 Å². The minimum Gasteiger partial charge on any atom is -0.497 e. The molecule has 3 N–H and O–H groups in total. The maximum Gasteiger partial charge on any atom is 0.326 e. The number of ether oxygens (including phenoxy) is 1. The number of hydrogen-bond donors (Lipinski definition) is 3. The number of hydrogen-bond acceptors (Lipinski definition) is 6. The molecule has 0 saturated heterocycles. The number of carbonyl (C=O) groups excluding carboxylic acids is 4. The third kappa shape index (κ3) is 7.97. The quantitative estimate of drug-likeness (QED) is 0.249. The van der Waals surface area contributed by atoms with Gasteiger partial charge in [-0.05, 0) is 74.7 Å². The van der Waals surface area contributed by atoms with Crippen LogP contribution in [0.3, 0.4) is 0 Å². The van der Waals surface area contributed by atoms with Crippen molar-refractivity contribution in [1.82, 2.24) is 15.2 Å². The van der Waals surface area contributed by atoms with E-state index in [0.717, 1.165) is 12.8 Å². The topological polar surface area (TPSA) is 144 Å². The minimum atomic E-state index is -1.33. The summed E-state index contributed by atoms with van der Waals surface area (Å²) in [6, 6.07) is 9.67. The second-order valence-electron chi connectivity index (χ2n) is 10.1. The van der Waals surface area contributed by atoms with Crippen molar-refractivity contribution >= 4 is 52.0 Å². The summed E-state index contributed by atoms with van der Waals surface area (Å²) in [6.45, 7) is 5.09. The Bertz CT molecular complexity index is 1480. The molecule has 3 aromatic rings. The van der Waals surface area contributed by atoms with Gasteiger partial charge in [0.1, 0.15) is 11.8 Å². The zero-order valence-electron chi connectivity index (χ0n) is 24.2. The van der Waals surface area contributed by atoms with E-state index in [0.29, 0.717) is 44.9 Å². The number of aliphatic carboxylic acids is 1. The Hall–Kier alpha value is -4.18. The van der Waals surface area contributed by atoms with Crippen molar-refractivity contribution in [1.29, 1.82) is 0 Å². The largest absolute Gasteiger partial charge is 0.497 e. The van der Waals surface area contributed by atoms with Crippen molar-refractivity contribution in [3.8, 4) is 5.75 Å². The molecule has 2 atom stereocenters. The Morgan fingerprint density at radius 2 is 1.64 bits per heavy atom. The van der Waals surface area contributed by atoms with E-state index in [1.54, 1.807) is 49.4 Å². The summed E-state index contributed by atoms with van der Waals surface area (Å²) >= 11 is 5.99. The molecule has 0 aliphatic carbocycles. The summed E-state index contributed by atoms with van der Waals surface area (Å²) in [6.07, 6.45) is 1.59. The normalized spacial score (nSPS) is 12.4. The maximum absolute atomic E-state index is 13.5. The van der Waals surface area contributed by atoms with Crippen LogP contribution >= 0.6 is 11.6 Å². The highest BCUT2D eigenvalue weighted by atomic mass is 35.5. The van der Waals surface area contributed by atoms with E-state index in [1.165, 1.54) is 18.6 Å². The first-order chi connectivity index (χ1) is 20.0. The lowest BCUT2D eigenvalue weighted by Crippen LogP contribution is -2.44. The molecular weight excluding hydrogens is 562 g/mol. The summed E-state index contributed by atoms with van der Waals surface area (Å²) in [5.41, 5.74) is 2.01. The number of carboxylic acid groups (broad SMARTS) is 1. The van der Waals surface area contributed by atoms with E-state index in [1.807, 2.05) is 6.92 Å². The van der Waals surface area contributed by atoms with E-state index in [2.05, 4.69) is 10.6 Å². The van der Waals surface area contributed by atoms with Gasteiger partial charge in [-0.1, -0.05) is 31.4 Å². The molecule has 0 aliphatic heterocycles. The van der Waals surface area contributed by atoms with Crippen LogP contribution in [0.4, 0.5) is 0 Å². The number of rotatable bonds is 14. The van der Waals surface area contributed by atoms with Gasteiger partial charge in [-0.25, -0.2) is 4.79 Å². The van der Waals surface area contributed by atoms with Crippen molar-refractivity contribution in [2.24, 2.45) is 0 Å². The van der Waals surface area contributed by atoms with Gasteiger partial charge in [0.05, 0.1) is 25.1 Å². The van der Waals surface area contributed by atoms with Gasteiger partial charge in [0, 0.05) is 28.1 Å². The summed E-state index contributed by atoms with van der Waals surface area (Å²) in [5, 5.41) is 16.0. The van der Waals surface area contributed by atoms with Crippen molar-refractivity contribution in [3.63, 3.8) is 0 Å². The Kier molecular flexibility index (Phi) is 11.3. The second kappa shape index (κ2) is 14.6. The van der Waals surface area contributed by atoms with Gasteiger partial charge in [-0.15, -0.1) is 0 Å². The standard InChI is InChI=1S/C31H36ClN3O7/c1-5-6-7-25(19(3)36)33-28(37)15-13-26(31(40)41)34-29(38)17-23-18(2)35(27-14-12-22(42-4)16-24(23)27)30(39)20-8-10-21(32)11-9-20/h8-12,14,16,25-26H,5-7,13,15,17H2,1-4H3,(H,33,37)(H,34,38)(H,40,41). The fourth-order valence-electron chi connectivity index (χ4n) is 4.79. The van der Waals surface area contributed by atoms with Crippen LogP contribution in [-0.2, 0) is 25.6 Å². The Labute approximate surface area is 249 Å². The average molecular weight is 598 g/mol. The van der Waals surface area contributed by atoms with E-state index >= 15 is 0 Å². The number of unbranched alkanes of at least 4 members (excludes halogenated alkanes) is 1. The summed E-state index contributed by atoms with van der Waals surface area (Å²) < 4.78 is 6.86. The zero-order valence-corrected chi connectivity index (χ0v) is 24.9. The molecule has 2 aromatic carbocycles. The Balaban J connectivity index is 1.80. The summed E-state index contributed by atoms with van der Waals surface area (Å²) in [7, 11) is 1.51. The van der Waals surface area contributed by atoms with Crippen LogP contribution in [-0.4, -0.2) is 58.3 Å². The average Bonchev–Trinajstić information content (AvgIpc) is 3.22. The van der Waals surface area contributed by atoms with Crippen LogP contribution in [0.2, 0.25) is 5.02 Å². The monoisotopic (exact) mass is 597 g/mol. The number of carboxylic acids is 1.